The normalized spacial score (nSPS) is 16.3. The van der Waals surface area contributed by atoms with E-state index in [0.717, 1.165) is 49.6 Å². The van der Waals surface area contributed by atoms with Gasteiger partial charge in [0.1, 0.15) is 18.5 Å². The summed E-state index contributed by atoms with van der Waals surface area (Å²) in [5.41, 5.74) is 3.54. The van der Waals surface area contributed by atoms with Gasteiger partial charge in [0.25, 0.3) is 0 Å². The number of aliphatic hydroxyl groups excluding tert-OH is 1. The molecule has 0 aliphatic carbocycles. The number of hydrogen-bond acceptors (Lipinski definition) is 4. The van der Waals surface area contributed by atoms with E-state index in [1.54, 1.807) is 0 Å². The van der Waals surface area contributed by atoms with E-state index < -0.39 is 6.10 Å². The van der Waals surface area contributed by atoms with E-state index in [4.69, 9.17) is 4.74 Å². The number of piperazine rings is 1. The molecule has 1 N–H and O–H groups in total. The van der Waals surface area contributed by atoms with Gasteiger partial charge in [-0.2, -0.15) is 0 Å². The second kappa shape index (κ2) is 10.4. The molecule has 4 heteroatoms. The lowest BCUT2D eigenvalue weighted by Gasteiger charge is -2.35. The molecule has 1 aliphatic rings. The van der Waals surface area contributed by atoms with Gasteiger partial charge in [-0.15, -0.1) is 0 Å². The summed E-state index contributed by atoms with van der Waals surface area (Å²) >= 11 is 0. The van der Waals surface area contributed by atoms with Crippen molar-refractivity contribution in [2.24, 2.45) is 0 Å². The van der Waals surface area contributed by atoms with Crippen LogP contribution in [0.1, 0.15) is 5.56 Å². The molecule has 4 rings (SSSR count). The van der Waals surface area contributed by atoms with Crippen LogP contribution in [0.15, 0.2) is 84.9 Å². The Morgan fingerprint density at radius 2 is 1.33 bits per heavy atom. The predicted octanol–water partition coefficient (Wildman–Crippen LogP) is 3.91. The van der Waals surface area contributed by atoms with Crippen molar-refractivity contribution in [1.82, 2.24) is 9.80 Å². The Labute approximate surface area is 179 Å². The van der Waals surface area contributed by atoms with Crippen LogP contribution in [-0.2, 0) is 6.54 Å². The highest BCUT2D eigenvalue weighted by Gasteiger charge is 2.20. The lowest BCUT2D eigenvalue weighted by molar-refractivity contribution is 0.0447. The maximum absolute atomic E-state index is 10.5. The van der Waals surface area contributed by atoms with E-state index >= 15 is 0 Å². The molecule has 0 amide bonds. The van der Waals surface area contributed by atoms with Crippen molar-refractivity contribution in [3.05, 3.63) is 90.5 Å². The molecule has 4 nitrogen and oxygen atoms in total. The fourth-order valence-electron chi connectivity index (χ4n) is 3.96. The topological polar surface area (TPSA) is 35.9 Å². The summed E-state index contributed by atoms with van der Waals surface area (Å²) in [6.45, 7) is 5.95. The van der Waals surface area contributed by atoms with Crippen molar-refractivity contribution in [2.75, 3.05) is 39.3 Å². The minimum absolute atomic E-state index is 0.300. The molecule has 156 valence electrons. The third kappa shape index (κ3) is 5.70. The fraction of sp³-hybridized carbons (Fsp3) is 0.308. The van der Waals surface area contributed by atoms with Crippen molar-refractivity contribution in [3.63, 3.8) is 0 Å². The van der Waals surface area contributed by atoms with Crippen LogP contribution in [0, 0.1) is 0 Å². The van der Waals surface area contributed by atoms with Crippen molar-refractivity contribution in [3.8, 4) is 16.9 Å². The van der Waals surface area contributed by atoms with Gasteiger partial charge in [0.05, 0.1) is 0 Å². The smallest absolute Gasteiger partial charge is 0.127 e. The zero-order valence-corrected chi connectivity index (χ0v) is 17.4. The first-order chi connectivity index (χ1) is 14.8. The Morgan fingerprint density at radius 3 is 2.07 bits per heavy atom. The molecule has 0 aromatic heterocycles. The van der Waals surface area contributed by atoms with E-state index in [1.807, 2.05) is 36.4 Å². The standard InChI is InChI=1S/C26H30N2O2/c29-24(20-28-17-15-27(16-18-28)19-22-9-3-1-4-10-22)21-30-26-14-8-7-13-25(26)23-11-5-2-6-12-23/h1-14,24,29H,15-21H2/t24-/m1/s1. The Balaban J connectivity index is 1.24. The average molecular weight is 403 g/mol. The molecule has 3 aromatic carbocycles. The molecule has 0 unspecified atom stereocenters. The zero-order valence-electron chi connectivity index (χ0n) is 17.4. The first kappa shape index (κ1) is 20.6. The van der Waals surface area contributed by atoms with E-state index in [-0.39, 0.29) is 0 Å². The minimum Gasteiger partial charge on any atom is -0.490 e. The van der Waals surface area contributed by atoms with Crippen LogP contribution in [0.5, 0.6) is 5.75 Å². The van der Waals surface area contributed by atoms with Gasteiger partial charge < -0.3 is 9.84 Å². The summed E-state index contributed by atoms with van der Waals surface area (Å²) in [6, 6.07) is 28.8. The number of β-amino-alcohol motifs (C(OH)–C–C–N with tert-alkyl or cyclic N) is 1. The first-order valence-electron chi connectivity index (χ1n) is 10.7. The number of aliphatic hydroxyl groups is 1. The van der Waals surface area contributed by atoms with Gasteiger partial charge in [0, 0.05) is 44.8 Å². The largest absolute Gasteiger partial charge is 0.490 e. The van der Waals surface area contributed by atoms with E-state index in [9.17, 15) is 5.11 Å². The molecule has 1 heterocycles. The number of benzene rings is 3. The van der Waals surface area contributed by atoms with Gasteiger partial charge in [-0.3, -0.25) is 9.80 Å². The van der Waals surface area contributed by atoms with Gasteiger partial charge >= 0.3 is 0 Å². The fourth-order valence-corrected chi connectivity index (χ4v) is 3.96. The number of ether oxygens (including phenoxy) is 1. The molecule has 1 fully saturated rings. The molecule has 1 aliphatic heterocycles. The number of rotatable bonds is 8. The minimum atomic E-state index is -0.505. The lowest BCUT2D eigenvalue weighted by Crippen LogP contribution is -2.48. The summed E-state index contributed by atoms with van der Waals surface area (Å²) in [4.78, 5) is 4.81. The van der Waals surface area contributed by atoms with E-state index in [2.05, 4.69) is 58.3 Å². The van der Waals surface area contributed by atoms with Gasteiger partial charge in [0.2, 0.25) is 0 Å². The maximum Gasteiger partial charge on any atom is 0.127 e. The van der Waals surface area contributed by atoms with Crippen LogP contribution in [0.2, 0.25) is 0 Å². The molecule has 0 radical (unpaired) electrons. The Morgan fingerprint density at radius 1 is 0.733 bits per heavy atom. The van der Waals surface area contributed by atoms with Gasteiger partial charge in [-0.05, 0) is 17.2 Å². The predicted molar refractivity (Wildman–Crippen MR) is 122 cm³/mol. The van der Waals surface area contributed by atoms with Gasteiger partial charge in [-0.25, -0.2) is 0 Å². The zero-order chi connectivity index (χ0) is 20.6. The van der Waals surface area contributed by atoms with E-state index in [0.29, 0.717) is 13.2 Å². The monoisotopic (exact) mass is 402 g/mol. The molecule has 3 aromatic rings. The third-order valence-corrected chi connectivity index (χ3v) is 5.59. The summed E-state index contributed by atoms with van der Waals surface area (Å²) in [5.74, 6) is 0.815. The van der Waals surface area contributed by atoms with Crippen LogP contribution in [0.3, 0.4) is 0 Å². The van der Waals surface area contributed by atoms with Crippen molar-refractivity contribution < 1.29 is 9.84 Å². The Kier molecular flexibility index (Phi) is 7.14. The maximum atomic E-state index is 10.5. The molecular formula is C26H30N2O2. The molecule has 1 saturated heterocycles. The van der Waals surface area contributed by atoms with Crippen LogP contribution in [0.4, 0.5) is 0 Å². The average Bonchev–Trinajstić information content (AvgIpc) is 2.80. The number of nitrogens with zero attached hydrogens (tertiary/aromatic N) is 2. The Hall–Kier alpha value is -2.66. The summed E-state index contributed by atoms with van der Waals surface area (Å²) in [5, 5.41) is 10.5. The van der Waals surface area contributed by atoms with Crippen LogP contribution >= 0.6 is 0 Å². The number of hydrogen-bond donors (Lipinski definition) is 1. The molecule has 0 saturated carbocycles. The molecule has 30 heavy (non-hydrogen) atoms. The highest BCUT2D eigenvalue weighted by molar-refractivity contribution is 5.70. The quantitative estimate of drug-likeness (QED) is 0.620. The molecule has 0 spiro atoms. The van der Waals surface area contributed by atoms with Gasteiger partial charge in [0.15, 0.2) is 0 Å². The highest BCUT2D eigenvalue weighted by atomic mass is 16.5. The van der Waals surface area contributed by atoms with Crippen LogP contribution in [0.25, 0.3) is 11.1 Å². The third-order valence-electron chi connectivity index (χ3n) is 5.59. The van der Waals surface area contributed by atoms with Crippen molar-refractivity contribution >= 4 is 0 Å². The van der Waals surface area contributed by atoms with Crippen LogP contribution in [-0.4, -0.2) is 60.3 Å². The van der Waals surface area contributed by atoms with Crippen molar-refractivity contribution in [2.45, 2.75) is 12.6 Å². The summed E-state index contributed by atoms with van der Waals surface area (Å²) < 4.78 is 6.01. The lowest BCUT2D eigenvalue weighted by atomic mass is 10.1. The van der Waals surface area contributed by atoms with E-state index in [1.165, 1.54) is 5.56 Å². The Bertz CT molecular complexity index is 893. The SMILES string of the molecule is O[C@@H](COc1ccccc1-c1ccccc1)CN1CCN(Cc2ccccc2)CC1. The second-order valence-electron chi connectivity index (χ2n) is 7.89. The summed E-state index contributed by atoms with van der Waals surface area (Å²) in [7, 11) is 0. The van der Waals surface area contributed by atoms with Crippen molar-refractivity contribution in [1.29, 1.82) is 0 Å². The summed E-state index contributed by atoms with van der Waals surface area (Å²) in [6.07, 6.45) is -0.505. The molecular weight excluding hydrogens is 372 g/mol. The number of para-hydroxylation sites is 1. The highest BCUT2D eigenvalue weighted by Crippen LogP contribution is 2.29. The molecule has 1 atom stereocenters. The second-order valence-corrected chi connectivity index (χ2v) is 7.89. The first-order valence-corrected chi connectivity index (χ1v) is 10.7. The molecule has 0 bridgehead atoms. The van der Waals surface area contributed by atoms with Crippen LogP contribution < -0.4 is 4.74 Å². The van der Waals surface area contributed by atoms with Gasteiger partial charge in [-0.1, -0.05) is 78.9 Å².